The molecule has 0 spiro atoms. The normalized spacial score (nSPS) is 31.5. The van der Waals surface area contributed by atoms with Gasteiger partial charge in [0.15, 0.2) is 0 Å². The van der Waals surface area contributed by atoms with Crippen LogP contribution in [-0.4, -0.2) is 17.8 Å². The molecule has 102 valence electrons. The van der Waals surface area contributed by atoms with E-state index in [0.717, 1.165) is 30.2 Å². The third kappa shape index (κ3) is 2.67. The van der Waals surface area contributed by atoms with Crippen molar-refractivity contribution in [1.82, 2.24) is 0 Å². The summed E-state index contributed by atoms with van der Waals surface area (Å²) in [6.07, 6.45) is 3.86. The lowest BCUT2D eigenvalue weighted by Crippen LogP contribution is -2.53. The van der Waals surface area contributed by atoms with Crippen LogP contribution < -0.4 is 5.73 Å². The van der Waals surface area contributed by atoms with Gasteiger partial charge in [-0.25, -0.2) is 0 Å². The average molecular weight is 332 g/mol. The number of rotatable bonds is 3. The molecule has 1 heterocycles. The van der Waals surface area contributed by atoms with Gasteiger partial charge in [-0.2, -0.15) is 0 Å². The van der Waals surface area contributed by atoms with Crippen LogP contribution in [0.4, 0.5) is 0 Å². The van der Waals surface area contributed by atoms with E-state index in [1.54, 1.807) is 11.3 Å². The van der Waals surface area contributed by atoms with Gasteiger partial charge in [-0.05, 0) is 46.7 Å². The van der Waals surface area contributed by atoms with Crippen LogP contribution in [0.3, 0.4) is 0 Å². The minimum Gasteiger partial charge on any atom is -0.392 e. The van der Waals surface area contributed by atoms with E-state index in [2.05, 4.69) is 41.2 Å². The maximum absolute atomic E-state index is 10.7. The van der Waals surface area contributed by atoms with E-state index in [9.17, 15) is 5.11 Å². The van der Waals surface area contributed by atoms with Gasteiger partial charge in [0.1, 0.15) is 0 Å². The summed E-state index contributed by atoms with van der Waals surface area (Å²) in [6, 6.07) is 2.15. The maximum atomic E-state index is 10.7. The van der Waals surface area contributed by atoms with Crippen LogP contribution in [0.5, 0.6) is 0 Å². The first-order valence-corrected chi connectivity index (χ1v) is 8.18. The molecule has 2 atom stereocenters. The molecule has 1 aromatic heterocycles. The number of aliphatic hydroxyl groups is 1. The fraction of sp³-hybridized carbons (Fsp3) is 0.714. The molecule has 0 saturated heterocycles. The van der Waals surface area contributed by atoms with E-state index in [0.29, 0.717) is 6.54 Å². The monoisotopic (exact) mass is 331 g/mol. The Labute approximate surface area is 122 Å². The fourth-order valence-corrected chi connectivity index (χ4v) is 4.87. The fourth-order valence-electron chi connectivity index (χ4n) is 3.26. The minimum atomic E-state index is -0.315. The molecule has 4 heteroatoms. The highest BCUT2D eigenvalue weighted by atomic mass is 79.9. The number of hydrogen-bond acceptors (Lipinski definition) is 3. The first kappa shape index (κ1) is 14.5. The highest BCUT2D eigenvalue weighted by Crippen LogP contribution is 2.48. The number of aliphatic hydroxyl groups excluding tert-OH is 1. The van der Waals surface area contributed by atoms with Crippen molar-refractivity contribution < 1.29 is 5.11 Å². The van der Waals surface area contributed by atoms with Crippen LogP contribution in [0.1, 0.15) is 38.0 Å². The summed E-state index contributed by atoms with van der Waals surface area (Å²) in [5.41, 5.74) is 5.87. The lowest BCUT2D eigenvalue weighted by molar-refractivity contribution is -0.0881. The van der Waals surface area contributed by atoms with Crippen molar-refractivity contribution in [2.45, 2.75) is 45.6 Å². The Morgan fingerprint density at radius 2 is 2.22 bits per heavy atom. The molecule has 2 unspecified atom stereocenters. The molecule has 2 rings (SSSR count). The first-order chi connectivity index (χ1) is 8.39. The van der Waals surface area contributed by atoms with Crippen molar-refractivity contribution in [1.29, 1.82) is 0 Å². The van der Waals surface area contributed by atoms with Crippen molar-refractivity contribution >= 4 is 27.3 Å². The number of halogens is 1. The zero-order valence-corrected chi connectivity index (χ0v) is 13.5. The lowest BCUT2D eigenvalue weighted by atomic mass is 9.59. The Kier molecular flexibility index (Phi) is 4.22. The zero-order chi connectivity index (χ0) is 13.4. The molecule has 0 amide bonds. The van der Waals surface area contributed by atoms with Gasteiger partial charge in [-0.1, -0.05) is 20.3 Å². The highest BCUT2D eigenvalue weighted by Gasteiger charge is 2.47. The summed E-state index contributed by atoms with van der Waals surface area (Å²) in [5, 5.41) is 12.8. The molecular weight excluding hydrogens is 310 g/mol. The second-order valence-electron chi connectivity index (χ2n) is 6.22. The molecule has 0 aromatic carbocycles. The van der Waals surface area contributed by atoms with Crippen LogP contribution >= 0.6 is 27.3 Å². The van der Waals surface area contributed by atoms with Crippen molar-refractivity contribution in [2.24, 2.45) is 16.6 Å². The van der Waals surface area contributed by atoms with Gasteiger partial charge >= 0.3 is 0 Å². The highest BCUT2D eigenvalue weighted by molar-refractivity contribution is 9.10. The quantitative estimate of drug-likeness (QED) is 0.889. The summed E-state index contributed by atoms with van der Waals surface area (Å²) in [5.74, 6) is 0. The maximum Gasteiger partial charge on any atom is 0.0662 e. The smallest absolute Gasteiger partial charge is 0.0662 e. The summed E-state index contributed by atoms with van der Waals surface area (Å²) in [6.45, 7) is 4.88. The van der Waals surface area contributed by atoms with Gasteiger partial charge in [0.25, 0.3) is 0 Å². The third-order valence-electron chi connectivity index (χ3n) is 4.37. The van der Waals surface area contributed by atoms with Gasteiger partial charge < -0.3 is 10.8 Å². The van der Waals surface area contributed by atoms with Crippen LogP contribution in [-0.2, 0) is 6.42 Å². The predicted octanol–water partition coefficient (Wildman–Crippen LogP) is 3.57. The van der Waals surface area contributed by atoms with Crippen LogP contribution in [0.25, 0.3) is 0 Å². The second kappa shape index (κ2) is 5.23. The molecular formula is C14H22BrNOS. The Hall–Kier alpha value is 0.1000. The van der Waals surface area contributed by atoms with Crippen LogP contribution in [0.2, 0.25) is 0 Å². The summed E-state index contributed by atoms with van der Waals surface area (Å²) in [4.78, 5) is 1.31. The Morgan fingerprint density at radius 1 is 1.50 bits per heavy atom. The molecule has 1 aliphatic carbocycles. The standard InChI is InChI=1S/C14H22BrNOS/c1-13(2)4-3-5-14(9-16,12(13)17)7-11-6-10(15)8-18-11/h6,8,12,17H,3-5,7,9,16H2,1-2H3. The Balaban J connectivity index is 2.24. The number of nitrogens with two attached hydrogens (primary N) is 1. The molecule has 0 bridgehead atoms. The van der Waals surface area contributed by atoms with Crippen molar-refractivity contribution in [3.8, 4) is 0 Å². The van der Waals surface area contributed by atoms with E-state index in [1.807, 2.05) is 0 Å². The molecule has 1 aliphatic rings. The largest absolute Gasteiger partial charge is 0.392 e. The van der Waals surface area contributed by atoms with Gasteiger partial charge in [-0.15, -0.1) is 11.3 Å². The topological polar surface area (TPSA) is 46.2 Å². The van der Waals surface area contributed by atoms with Crippen molar-refractivity contribution in [3.63, 3.8) is 0 Å². The molecule has 3 N–H and O–H groups in total. The molecule has 18 heavy (non-hydrogen) atoms. The van der Waals surface area contributed by atoms with E-state index in [1.165, 1.54) is 4.88 Å². The van der Waals surface area contributed by atoms with Crippen molar-refractivity contribution in [3.05, 3.63) is 20.8 Å². The average Bonchev–Trinajstić information content (AvgIpc) is 2.71. The molecule has 0 aliphatic heterocycles. The molecule has 1 aromatic rings. The molecule has 1 fully saturated rings. The number of thiophene rings is 1. The van der Waals surface area contributed by atoms with Crippen LogP contribution in [0, 0.1) is 10.8 Å². The minimum absolute atomic E-state index is 0.0217. The van der Waals surface area contributed by atoms with E-state index < -0.39 is 0 Å². The third-order valence-corrected chi connectivity index (χ3v) is 6.07. The number of hydrogen-bond donors (Lipinski definition) is 2. The lowest BCUT2D eigenvalue weighted by Gasteiger charge is -2.49. The van der Waals surface area contributed by atoms with Gasteiger partial charge in [0, 0.05) is 26.7 Å². The van der Waals surface area contributed by atoms with Gasteiger partial charge in [0.2, 0.25) is 0 Å². The summed E-state index contributed by atoms with van der Waals surface area (Å²) >= 11 is 5.24. The van der Waals surface area contributed by atoms with Crippen LogP contribution in [0.15, 0.2) is 15.9 Å². The Morgan fingerprint density at radius 3 is 2.78 bits per heavy atom. The zero-order valence-electron chi connectivity index (χ0n) is 11.1. The van der Waals surface area contributed by atoms with Gasteiger partial charge in [0.05, 0.1) is 6.10 Å². The molecule has 1 saturated carbocycles. The second-order valence-corrected chi connectivity index (χ2v) is 8.13. The van der Waals surface area contributed by atoms with E-state index >= 15 is 0 Å². The molecule has 2 nitrogen and oxygen atoms in total. The molecule has 0 radical (unpaired) electrons. The van der Waals surface area contributed by atoms with E-state index in [-0.39, 0.29) is 16.9 Å². The SMILES string of the molecule is CC1(C)CCCC(CN)(Cc2cc(Br)cs2)C1O. The summed E-state index contributed by atoms with van der Waals surface area (Å²) < 4.78 is 1.12. The van der Waals surface area contributed by atoms with E-state index in [4.69, 9.17) is 5.73 Å². The Bertz CT molecular complexity index is 418. The first-order valence-electron chi connectivity index (χ1n) is 6.51. The van der Waals surface area contributed by atoms with Crippen molar-refractivity contribution in [2.75, 3.05) is 6.54 Å². The van der Waals surface area contributed by atoms with Gasteiger partial charge in [-0.3, -0.25) is 0 Å². The predicted molar refractivity (Wildman–Crippen MR) is 80.8 cm³/mol. The summed E-state index contributed by atoms with van der Waals surface area (Å²) in [7, 11) is 0.